The van der Waals surface area contributed by atoms with Crippen LogP contribution in [0.5, 0.6) is 0 Å². The first kappa shape index (κ1) is 14.0. The van der Waals surface area contributed by atoms with Crippen LogP contribution in [0.1, 0.15) is 29.6 Å². The molecular formula is C17H21N3O. The van der Waals surface area contributed by atoms with Crippen molar-refractivity contribution in [1.29, 1.82) is 0 Å². The van der Waals surface area contributed by atoms with E-state index in [1.54, 1.807) is 12.3 Å². The van der Waals surface area contributed by atoms with E-state index >= 15 is 0 Å². The van der Waals surface area contributed by atoms with Crippen LogP contribution in [0.4, 0.5) is 0 Å². The van der Waals surface area contributed by atoms with E-state index in [-0.39, 0.29) is 5.91 Å². The van der Waals surface area contributed by atoms with E-state index in [1.807, 2.05) is 24.3 Å². The normalized spacial score (nSPS) is 18.6. The molecule has 1 aliphatic heterocycles. The number of nitrogens with zero attached hydrogens (tertiary/aromatic N) is 1. The van der Waals surface area contributed by atoms with E-state index in [2.05, 4.69) is 15.6 Å². The van der Waals surface area contributed by atoms with Crippen LogP contribution < -0.4 is 10.6 Å². The molecule has 0 spiro atoms. The average Bonchev–Trinajstić information content (AvgIpc) is 2.55. The lowest BCUT2D eigenvalue weighted by Gasteiger charge is -2.22. The number of piperidine rings is 1. The van der Waals surface area contributed by atoms with Crippen molar-refractivity contribution < 1.29 is 4.79 Å². The molecule has 1 aromatic heterocycles. The van der Waals surface area contributed by atoms with E-state index in [4.69, 9.17) is 0 Å². The Morgan fingerprint density at radius 1 is 1.33 bits per heavy atom. The number of amides is 1. The van der Waals surface area contributed by atoms with Crippen LogP contribution in [0, 0.1) is 5.92 Å². The Kier molecular flexibility index (Phi) is 4.46. The lowest BCUT2D eigenvalue weighted by molar-refractivity contribution is 0.0952. The molecule has 1 unspecified atom stereocenters. The van der Waals surface area contributed by atoms with Gasteiger partial charge in [-0.3, -0.25) is 9.78 Å². The summed E-state index contributed by atoms with van der Waals surface area (Å²) in [6, 6.07) is 9.55. The van der Waals surface area contributed by atoms with Crippen LogP contribution >= 0.6 is 0 Å². The molecule has 2 aromatic rings. The number of fused-ring (bicyclic) bond motifs is 1. The summed E-state index contributed by atoms with van der Waals surface area (Å²) in [7, 11) is 0. The highest BCUT2D eigenvalue weighted by molar-refractivity contribution is 6.05. The predicted molar refractivity (Wildman–Crippen MR) is 84.3 cm³/mol. The smallest absolute Gasteiger partial charge is 0.252 e. The first-order valence-corrected chi connectivity index (χ1v) is 7.67. The molecule has 2 heterocycles. The van der Waals surface area contributed by atoms with Crippen molar-refractivity contribution in [2.45, 2.75) is 19.3 Å². The van der Waals surface area contributed by atoms with Crippen molar-refractivity contribution in [3.05, 3.63) is 42.1 Å². The van der Waals surface area contributed by atoms with Crippen LogP contribution in [0.25, 0.3) is 10.9 Å². The Morgan fingerprint density at radius 3 is 3.10 bits per heavy atom. The molecule has 0 aliphatic carbocycles. The second-order valence-corrected chi connectivity index (χ2v) is 5.63. The second-order valence-electron chi connectivity index (χ2n) is 5.63. The van der Waals surface area contributed by atoms with Gasteiger partial charge in [-0.15, -0.1) is 0 Å². The van der Waals surface area contributed by atoms with E-state index in [0.717, 1.165) is 37.0 Å². The van der Waals surface area contributed by atoms with Gasteiger partial charge in [0.05, 0.1) is 11.1 Å². The molecule has 21 heavy (non-hydrogen) atoms. The molecule has 1 fully saturated rings. The highest BCUT2D eigenvalue weighted by Gasteiger charge is 2.14. The van der Waals surface area contributed by atoms with E-state index in [0.29, 0.717) is 11.5 Å². The standard InChI is InChI=1S/C17H21N3O/c21-17(20-10-7-13-4-3-9-18-12-13)15-8-11-19-16-6-2-1-5-14(15)16/h1-2,5-6,8,11,13,18H,3-4,7,9-10,12H2,(H,20,21). The third-order valence-corrected chi connectivity index (χ3v) is 4.13. The van der Waals surface area contributed by atoms with Crippen LogP contribution in [0.2, 0.25) is 0 Å². The zero-order chi connectivity index (χ0) is 14.5. The highest BCUT2D eigenvalue weighted by atomic mass is 16.1. The molecule has 0 radical (unpaired) electrons. The molecule has 1 aromatic carbocycles. The Morgan fingerprint density at radius 2 is 2.24 bits per heavy atom. The number of para-hydroxylation sites is 1. The fourth-order valence-corrected chi connectivity index (χ4v) is 2.95. The molecule has 4 nitrogen and oxygen atoms in total. The Balaban J connectivity index is 1.61. The van der Waals surface area contributed by atoms with Gasteiger partial charge in [0.15, 0.2) is 0 Å². The van der Waals surface area contributed by atoms with Crippen molar-refractivity contribution >= 4 is 16.8 Å². The Labute approximate surface area is 125 Å². The first-order chi connectivity index (χ1) is 10.3. The van der Waals surface area contributed by atoms with Gasteiger partial charge in [0.2, 0.25) is 0 Å². The molecule has 0 bridgehead atoms. The number of aromatic nitrogens is 1. The Bertz CT molecular complexity index is 615. The molecule has 4 heteroatoms. The molecule has 1 atom stereocenters. The van der Waals surface area contributed by atoms with Gasteiger partial charge >= 0.3 is 0 Å². The molecular weight excluding hydrogens is 262 g/mol. The summed E-state index contributed by atoms with van der Waals surface area (Å²) in [4.78, 5) is 16.6. The summed E-state index contributed by atoms with van der Waals surface area (Å²) >= 11 is 0. The zero-order valence-electron chi connectivity index (χ0n) is 12.1. The van der Waals surface area contributed by atoms with Gasteiger partial charge in [-0.2, -0.15) is 0 Å². The number of carbonyl (C=O) groups is 1. The first-order valence-electron chi connectivity index (χ1n) is 7.67. The third-order valence-electron chi connectivity index (χ3n) is 4.13. The monoisotopic (exact) mass is 283 g/mol. The fraction of sp³-hybridized carbons (Fsp3) is 0.412. The number of nitrogens with one attached hydrogen (secondary N) is 2. The third kappa shape index (κ3) is 3.39. The van der Waals surface area contributed by atoms with Crippen LogP contribution in [-0.4, -0.2) is 30.5 Å². The van der Waals surface area contributed by atoms with E-state index < -0.39 is 0 Å². The van der Waals surface area contributed by atoms with Crippen molar-refractivity contribution in [3.8, 4) is 0 Å². The summed E-state index contributed by atoms with van der Waals surface area (Å²) in [6.45, 7) is 2.95. The largest absolute Gasteiger partial charge is 0.352 e. The van der Waals surface area contributed by atoms with Crippen molar-refractivity contribution in [2.24, 2.45) is 5.92 Å². The number of pyridine rings is 1. The molecule has 1 aliphatic rings. The van der Waals surface area contributed by atoms with Crippen molar-refractivity contribution in [2.75, 3.05) is 19.6 Å². The van der Waals surface area contributed by atoms with Crippen LogP contribution in [0.15, 0.2) is 36.5 Å². The molecule has 0 saturated carbocycles. The van der Waals surface area contributed by atoms with Gasteiger partial charge in [0.1, 0.15) is 0 Å². The highest BCUT2D eigenvalue weighted by Crippen LogP contribution is 2.16. The zero-order valence-corrected chi connectivity index (χ0v) is 12.1. The number of benzene rings is 1. The van der Waals surface area contributed by atoms with Gasteiger partial charge in [-0.05, 0) is 50.4 Å². The number of hydrogen-bond acceptors (Lipinski definition) is 3. The van der Waals surface area contributed by atoms with E-state index in [9.17, 15) is 4.79 Å². The Hall–Kier alpha value is -1.94. The predicted octanol–water partition coefficient (Wildman–Crippen LogP) is 2.35. The number of hydrogen-bond donors (Lipinski definition) is 2. The minimum absolute atomic E-state index is 0.00244. The summed E-state index contributed by atoms with van der Waals surface area (Å²) in [5.74, 6) is 0.686. The summed E-state index contributed by atoms with van der Waals surface area (Å²) in [5, 5.41) is 7.37. The molecule has 1 amide bonds. The van der Waals surface area contributed by atoms with Crippen molar-refractivity contribution in [1.82, 2.24) is 15.6 Å². The minimum Gasteiger partial charge on any atom is -0.352 e. The maximum Gasteiger partial charge on any atom is 0.252 e. The summed E-state index contributed by atoms with van der Waals surface area (Å²) in [5.41, 5.74) is 1.57. The van der Waals surface area contributed by atoms with Gasteiger partial charge in [0, 0.05) is 18.1 Å². The number of carbonyl (C=O) groups excluding carboxylic acids is 1. The molecule has 110 valence electrons. The molecule has 1 saturated heterocycles. The fourth-order valence-electron chi connectivity index (χ4n) is 2.95. The summed E-state index contributed by atoms with van der Waals surface area (Å²) in [6.07, 6.45) is 5.25. The van der Waals surface area contributed by atoms with Gasteiger partial charge in [-0.1, -0.05) is 18.2 Å². The maximum absolute atomic E-state index is 12.3. The lowest BCUT2D eigenvalue weighted by Crippen LogP contribution is -2.33. The average molecular weight is 283 g/mol. The minimum atomic E-state index is -0.00244. The number of rotatable bonds is 4. The lowest BCUT2D eigenvalue weighted by atomic mass is 9.96. The van der Waals surface area contributed by atoms with E-state index in [1.165, 1.54) is 12.8 Å². The quantitative estimate of drug-likeness (QED) is 0.905. The summed E-state index contributed by atoms with van der Waals surface area (Å²) < 4.78 is 0. The second kappa shape index (κ2) is 6.68. The maximum atomic E-state index is 12.3. The van der Waals surface area contributed by atoms with Crippen LogP contribution in [-0.2, 0) is 0 Å². The molecule has 3 rings (SSSR count). The topological polar surface area (TPSA) is 54.0 Å². The van der Waals surface area contributed by atoms with Gasteiger partial charge in [0.25, 0.3) is 5.91 Å². The van der Waals surface area contributed by atoms with Crippen molar-refractivity contribution in [3.63, 3.8) is 0 Å². The molecule has 2 N–H and O–H groups in total. The van der Waals surface area contributed by atoms with Gasteiger partial charge in [-0.25, -0.2) is 0 Å². The van der Waals surface area contributed by atoms with Gasteiger partial charge < -0.3 is 10.6 Å². The SMILES string of the molecule is O=C(NCCC1CCCNC1)c1ccnc2ccccc12. The van der Waals surface area contributed by atoms with Crippen LogP contribution in [0.3, 0.4) is 0 Å².